The number of hydrogen-bond donors (Lipinski definition) is 0. The molecule has 0 saturated heterocycles. The maximum absolute atomic E-state index is 9.87. The molecule has 0 saturated carbocycles. The summed E-state index contributed by atoms with van der Waals surface area (Å²) in [7, 11) is -4.32. The molecule has 3 nitrogen and oxygen atoms in total. The van der Waals surface area contributed by atoms with Crippen molar-refractivity contribution in [1.29, 1.82) is 0 Å². The van der Waals surface area contributed by atoms with Crippen LogP contribution in [0.2, 0.25) is 0 Å². The molecular formula is C6H9O3S. The van der Waals surface area contributed by atoms with Gasteiger partial charge < -0.3 is 0 Å². The van der Waals surface area contributed by atoms with Gasteiger partial charge in [-0.3, -0.25) is 0 Å². The minimum Gasteiger partial charge on any atom is -0.183 e. The molecule has 0 N–H and O–H groups in total. The lowest BCUT2D eigenvalue weighted by atomic mass is 10.3. The summed E-state index contributed by atoms with van der Waals surface area (Å²) < 4.78 is 29.6. The van der Waals surface area contributed by atoms with Crippen LogP contribution in [0.3, 0.4) is 0 Å². The molecule has 0 aliphatic carbocycles. The minimum absolute atomic E-state index is 0.484. The maximum atomic E-state index is 9.87. The predicted molar refractivity (Wildman–Crippen MR) is 36.9 cm³/mol. The van der Waals surface area contributed by atoms with Gasteiger partial charge in [-0.05, 0) is 6.42 Å². The summed E-state index contributed by atoms with van der Waals surface area (Å²) >= 11 is 0. The molecule has 0 atom stereocenters. The zero-order valence-electron chi connectivity index (χ0n) is 5.75. The normalized spacial score (nSPS) is 10.2. The highest BCUT2D eigenvalue weighted by Crippen LogP contribution is 1.91. The third kappa shape index (κ3) is 7.47. The van der Waals surface area contributed by atoms with E-state index in [1.807, 2.05) is 6.92 Å². The minimum atomic E-state index is -4.32. The van der Waals surface area contributed by atoms with Gasteiger partial charge in [0.1, 0.15) is 0 Å². The van der Waals surface area contributed by atoms with E-state index >= 15 is 0 Å². The fraction of sp³-hybridized carbons (Fsp3) is 0.667. The summed E-state index contributed by atoms with van der Waals surface area (Å²) in [5.74, 6) is 2.28. The molecule has 0 aliphatic heterocycles. The molecule has 0 aromatic heterocycles. The third-order valence-electron chi connectivity index (χ3n) is 0.852. The Labute approximate surface area is 61.2 Å². The predicted octanol–water partition coefficient (Wildman–Crippen LogP) is 0.898. The smallest absolute Gasteiger partial charge is 0.183 e. The van der Waals surface area contributed by atoms with Crippen LogP contribution in [0.5, 0.6) is 0 Å². The SMILES string of the molecule is CCCCC#CS([O])(=O)=O. The molecule has 0 aromatic carbocycles. The van der Waals surface area contributed by atoms with Crippen LogP contribution < -0.4 is 0 Å². The standard InChI is InChI=1S/C6H9O3S/c1-2-3-4-5-6-10(7,8)9/h2-4H2,1H3. The van der Waals surface area contributed by atoms with Crippen LogP contribution in [0, 0.1) is 11.2 Å². The van der Waals surface area contributed by atoms with Crippen LogP contribution in [0.1, 0.15) is 26.2 Å². The molecule has 4 heteroatoms. The summed E-state index contributed by atoms with van der Waals surface area (Å²) in [6.07, 6.45) is 2.27. The lowest BCUT2D eigenvalue weighted by Crippen LogP contribution is -1.87. The van der Waals surface area contributed by atoms with Gasteiger partial charge in [0.25, 0.3) is 0 Å². The van der Waals surface area contributed by atoms with Crippen molar-refractivity contribution < 1.29 is 13.0 Å². The Morgan fingerprint density at radius 3 is 2.40 bits per heavy atom. The van der Waals surface area contributed by atoms with Crippen molar-refractivity contribution in [3.63, 3.8) is 0 Å². The highest BCUT2D eigenvalue weighted by Gasteiger charge is 1.95. The molecule has 0 spiro atoms. The van der Waals surface area contributed by atoms with Gasteiger partial charge in [-0.2, -0.15) is 8.42 Å². The van der Waals surface area contributed by atoms with Crippen LogP contribution in [-0.4, -0.2) is 8.42 Å². The molecule has 1 radical (unpaired) electrons. The largest absolute Gasteiger partial charge is 0.365 e. The van der Waals surface area contributed by atoms with Gasteiger partial charge in [-0.15, -0.1) is 0 Å². The summed E-state index contributed by atoms with van der Waals surface area (Å²) in [5.41, 5.74) is 0. The first kappa shape index (κ1) is 9.47. The van der Waals surface area contributed by atoms with Gasteiger partial charge >= 0.3 is 10.1 Å². The van der Waals surface area contributed by atoms with E-state index in [1.54, 1.807) is 5.25 Å². The van der Waals surface area contributed by atoms with E-state index in [9.17, 15) is 13.0 Å². The van der Waals surface area contributed by atoms with Gasteiger partial charge in [-0.1, -0.05) is 23.8 Å². The second kappa shape index (κ2) is 4.31. The Morgan fingerprint density at radius 1 is 1.40 bits per heavy atom. The van der Waals surface area contributed by atoms with E-state index in [0.717, 1.165) is 12.8 Å². The maximum Gasteiger partial charge on any atom is 0.365 e. The Hall–Kier alpha value is -0.530. The average molecular weight is 161 g/mol. The molecule has 0 bridgehead atoms. The van der Waals surface area contributed by atoms with Gasteiger partial charge in [0.15, 0.2) is 0 Å². The second-order valence-electron chi connectivity index (χ2n) is 1.84. The monoisotopic (exact) mass is 161 g/mol. The topological polar surface area (TPSA) is 54.0 Å². The van der Waals surface area contributed by atoms with Crippen molar-refractivity contribution in [2.45, 2.75) is 26.2 Å². The third-order valence-corrected chi connectivity index (χ3v) is 1.25. The van der Waals surface area contributed by atoms with E-state index in [-0.39, 0.29) is 0 Å². The quantitative estimate of drug-likeness (QED) is 0.446. The Balaban J connectivity index is 3.72. The highest BCUT2D eigenvalue weighted by atomic mass is 32.2. The van der Waals surface area contributed by atoms with Crippen LogP contribution in [0.15, 0.2) is 0 Å². The molecular weight excluding hydrogens is 152 g/mol. The first-order valence-corrected chi connectivity index (χ1v) is 4.42. The van der Waals surface area contributed by atoms with E-state index in [1.165, 1.54) is 0 Å². The van der Waals surface area contributed by atoms with Crippen LogP contribution in [0.4, 0.5) is 0 Å². The fourth-order valence-corrected chi connectivity index (χ4v) is 0.683. The van der Waals surface area contributed by atoms with Gasteiger partial charge in [-0.25, -0.2) is 0 Å². The zero-order valence-corrected chi connectivity index (χ0v) is 6.57. The number of hydrogen-bond acceptors (Lipinski definition) is 2. The Kier molecular flexibility index (Phi) is 4.08. The molecule has 0 aromatic rings. The Bertz CT molecular complexity index is 229. The molecule has 0 heterocycles. The molecule has 0 amide bonds. The summed E-state index contributed by atoms with van der Waals surface area (Å²) in [5, 5.41) is 1.62. The van der Waals surface area contributed by atoms with E-state index < -0.39 is 10.1 Å². The summed E-state index contributed by atoms with van der Waals surface area (Å²) in [6, 6.07) is 0. The second-order valence-corrected chi connectivity index (χ2v) is 2.95. The van der Waals surface area contributed by atoms with Gasteiger partial charge in [0.05, 0.1) is 5.25 Å². The number of unbranched alkanes of at least 4 members (excludes halogenated alkanes) is 2. The molecule has 10 heavy (non-hydrogen) atoms. The van der Waals surface area contributed by atoms with Gasteiger partial charge in [0.2, 0.25) is 0 Å². The van der Waals surface area contributed by atoms with Gasteiger partial charge in [0, 0.05) is 6.42 Å². The Morgan fingerprint density at radius 2 is 2.00 bits per heavy atom. The van der Waals surface area contributed by atoms with Crippen molar-refractivity contribution in [2.24, 2.45) is 0 Å². The van der Waals surface area contributed by atoms with Crippen LogP contribution >= 0.6 is 0 Å². The lowest BCUT2D eigenvalue weighted by molar-refractivity contribution is 0.426. The van der Waals surface area contributed by atoms with Crippen molar-refractivity contribution >= 4 is 10.1 Å². The van der Waals surface area contributed by atoms with Crippen molar-refractivity contribution in [2.75, 3.05) is 0 Å². The van der Waals surface area contributed by atoms with Crippen molar-refractivity contribution in [3.8, 4) is 11.2 Å². The summed E-state index contributed by atoms with van der Waals surface area (Å²) in [6.45, 7) is 1.97. The van der Waals surface area contributed by atoms with E-state index in [4.69, 9.17) is 0 Å². The van der Waals surface area contributed by atoms with Crippen molar-refractivity contribution in [1.82, 2.24) is 0 Å². The van der Waals surface area contributed by atoms with E-state index in [2.05, 4.69) is 5.92 Å². The summed E-state index contributed by atoms with van der Waals surface area (Å²) in [4.78, 5) is 0. The molecule has 57 valence electrons. The van der Waals surface area contributed by atoms with Crippen LogP contribution in [-0.2, 0) is 14.7 Å². The molecule has 0 aliphatic rings. The van der Waals surface area contributed by atoms with Crippen LogP contribution in [0.25, 0.3) is 0 Å². The first-order valence-electron chi connectivity index (χ1n) is 3.01. The zero-order chi connectivity index (χ0) is 8.04. The molecule has 0 unspecified atom stereocenters. The van der Waals surface area contributed by atoms with Crippen molar-refractivity contribution in [3.05, 3.63) is 0 Å². The average Bonchev–Trinajstić information content (AvgIpc) is 1.78. The first-order chi connectivity index (χ1) is 4.56. The highest BCUT2D eigenvalue weighted by molar-refractivity contribution is 7.90. The lowest BCUT2D eigenvalue weighted by Gasteiger charge is -1.81. The fourth-order valence-electron chi connectivity index (χ4n) is 0.405. The molecule has 0 fully saturated rings. The number of rotatable bonds is 2. The molecule has 0 rings (SSSR count). The van der Waals surface area contributed by atoms with E-state index in [0.29, 0.717) is 6.42 Å².